The van der Waals surface area contributed by atoms with Gasteiger partial charge in [-0.15, -0.1) is 0 Å². The molecule has 0 aliphatic rings. The second kappa shape index (κ2) is 4.82. The van der Waals surface area contributed by atoms with Crippen LogP contribution in [0.4, 0.5) is 0 Å². The molecule has 1 heterocycles. The van der Waals surface area contributed by atoms with Gasteiger partial charge in [-0.25, -0.2) is 13.2 Å². The van der Waals surface area contributed by atoms with Gasteiger partial charge in [-0.1, -0.05) is 0 Å². The molecule has 0 unspecified atom stereocenters. The Morgan fingerprint density at radius 1 is 1.26 bits per heavy atom. The Morgan fingerprint density at radius 3 is 2.68 bits per heavy atom. The van der Waals surface area contributed by atoms with E-state index in [1.807, 2.05) is 4.72 Å². The lowest BCUT2D eigenvalue weighted by atomic mass is 10.2. The predicted molar refractivity (Wildman–Crippen MR) is 65.3 cm³/mol. The predicted octanol–water partition coefficient (Wildman–Crippen LogP) is 0.156. The number of hydrogen-bond donors (Lipinski definition) is 2. The van der Waals surface area contributed by atoms with Crippen molar-refractivity contribution in [3.05, 3.63) is 40.8 Å². The van der Waals surface area contributed by atoms with Crippen LogP contribution in [0.5, 0.6) is 0 Å². The second-order valence-electron chi connectivity index (χ2n) is 3.67. The van der Waals surface area contributed by atoms with Crippen LogP contribution in [0.2, 0.25) is 0 Å². The summed E-state index contributed by atoms with van der Waals surface area (Å²) in [6.45, 7) is -0.704. The van der Waals surface area contributed by atoms with Gasteiger partial charge in [0.05, 0.1) is 4.90 Å². The minimum atomic E-state index is -3.91. The maximum atomic E-state index is 11.8. The molecule has 2 aromatic rings. The van der Waals surface area contributed by atoms with E-state index in [9.17, 15) is 18.0 Å². The molecule has 0 spiro atoms. The van der Waals surface area contributed by atoms with Gasteiger partial charge < -0.3 is 9.52 Å². The van der Waals surface area contributed by atoms with Crippen molar-refractivity contribution in [3.8, 4) is 0 Å². The fraction of sp³-hybridized carbons (Fsp3) is 0.0909. The molecule has 2 rings (SSSR count). The van der Waals surface area contributed by atoms with Gasteiger partial charge in [0.1, 0.15) is 12.1 Å². The maximum absolute atomic E-state index is 11.8. The van der Waals surface area contributed by atoms with Crippen molar-refractivity contribution < 1.29 is 22.7 Å². The van der Waals surface area contributed by atoms with Crippen LogP contribution < -0.4 is 10.3 Å². The number of carboxylic acids is 1. The highest BCUT2D eigenvalue weighted by Gasteiger charge is 2.15. The van der Waals surface area contributed by atoms with E-state index in [0.29, 0.717) is 5.39 Å². The van der Waals surface area contributed by atoms with E-state index in [2.05, 4.69) is 0 Å². The molecule has 100 valence electrons. The molecule has 0 amide bonds. The molecule has 0 atom stereocenters. The first kappa shape index (κ1) is 13.2. The van der Waals surface area contributed by atoms with Gasteiger partial charge in [0.2, 0.25) is 10.0 Å². The molecular formula is C11H9NO6S. The Balaban J connectivity index is 2.43. The van der Waals surface area contributed by atoms with Crippen molar-refractivity contribution in [2.24, 2.45) is 0 Å². The van der Waals surface area contributed by atoms with Gasteiger partial charge >= 0.3 is 11.6 Å². The molecule has 0 radical (unpaired) electrons. The summed E-state index contributed by atoms with van der Waals surface area (Å²) in [6, 6.07) is 6.46. The average Bonchev–Trinajstić information content (AvgIpc) is 2.36. The zero-order chi connectivity index (χ0) is 14.0. The topological polar surface area (TPSA) is 114 Å². The van der Waals surface area contributed by atoms with Crippen LogP contribution in [0.15, 0.2) is 44.4 Å². The molecule has 2 N–H and O–H groups in total. The van der Waals surface area contributed by atoms with E-state index < -0.39 is 28.2 Å². The Bertz CT molecular complexity index is 792. The number of carboxylic acid groups (broad SMARTS) is 1. The zero-order valence-corrected chi connectivity index (χ0v) is 10.3. The van der Waals surface area contributed by atoms with Crippen molar-refractivity contribution in [2.75, 3.05) is 6.54 Å². The molecular weight excluding hydrogens is 274 g/mol. The van der Waals surface area contributed by atoms with E-state index in [-0.39, 0.29) is 10.5 Å². The van der Waals surface area contributed by atoms with Crippen molar-refractivity contribution in [1.29, 1.82) is 0 Å². The van der Waals surface area contributed by atoms with Crippen LogP contribution >= 0.6 is 0 Å². The van der Waals surface area contributed by atoms with Crippen molar-refractivity contribution in [1.82, 2.24) is 4.72 Å². The SMILES string of the molecule is O=C(O)CNS(=O)(=O)c1ccc2oc(=O)ccc2c1. The molecule has 0 aliphatic heterocycles. The number of sulfonamides is 1. The molecule has 0 fully saturated rings. The van der Waals surface area contributed by atoms with Crippen LogP contribution in [0, 0.1) is 0 Å². The lowest BCUT2D eigenvalue weighted by molar-refractivity contribution is -0.135. The molecule has 8 heteroatoms. The molecule has 1 aromatic heterocycles. The van der Waals surface area contributed by atoms with Gasteiger partial charge in [-0.3, -0.25) is 4.79 Å². The minimum absolute atomic E-state index is 0.102. The number of aliphatic carboxylic acids is 1. The monoisotopic (exact) mass is 283 g/mol. The lowest BCUT2D eigenvalue weighted by Gasteiger charge is -2.05. The first-order chi connectivity index (χ1) is 8.88. The fourth-order valence-electron chi connectivity index (χ4n) is 1.46. The van der Waals surface area contributed by atoms with E-state index in [1.165, 1.54) is 30.3 Å². The van der Waals surface area contributed by atoms with E-state index in [1.54, 1.807) is 0 Å². The van der Waals surface area contributed by atoms with Crippen LogP contribution in [0.1, 0.15) is 0 Å². The van der Waals surface area contributed by atoms with Gasteiger partial charge in [0.15, 0.2) is 0 Å². The third-order valence-corrected chi connectivity index (χ3v) is 3.71. The molecule has 7 nitrogen and oxygen atoms in total. The van der Waals surface area contributed by atoms with Crippen molar-refractivity contribution in [3.63, 3.8) is 0 Å². The second-order valence-corrected chi connectivity index (χ2v) is 5.44. The summed E-state index contributed by atoms with van der Waals surface area (Å²) in [5.41, 5.74) is -0.281. The van der Waals surface area contributed by atoms with E-state index in [0.717, 1.165) is 0 Å². The third kappa shape index (κ3) is 2.98. The van der Waals surface area contributed by atoms with Crippen LogP contribution in [0.3, 0.4) is 0 Å². The maximum Gasteiger partial charge on any atom is 0.336 e. The van der Waals surface area contributed by atoms with Gasteiger partial charge in [0, 0.05) is 11.5 Å². The van der Waals surface area contributed by atoms with Gasteiger partial charge in [-0.2, -0.15) is 4.72 Å². The molecule has 0 saturated carbocycles. The molecule has 0 saturated heterocycles. The standard InChI is InChI=1S/C11H9NO6S/c13-10(14)6-12-19(16,17)8-2-3-9-7(5-8)1-4-11(15)18-9/h1-5,12H,6H2,(H,13,14). The first-order valence-corrected chi connectivity index (χ1v) is 6.62. The van der Waals surface area contributed by atoms with Crippen LogP contribution in [-0.4, -0.2) is 26.0 Å². The molecule has 0 aliphatic carbocycles. The number of fused-ring (bicyclic) bond motifs is 1. The van der Waals surface area contributed by atoms with Crippen LogP contribution in [0.25, 0.3) is 11.0 Å². The highest BCUT2D eigenvalue weighted by molar-refractivity contribution is 7.89. The number of carbonyl (C=O) groups is 1. The summed E-state index contributed by atoms with van der Waals surface area (Å²) in [5, 5.41) is 8.88. The third-order valence-electron chi connectivity index (χ3n) is 2.31. The van der Waals surface area contributed by atoms with Gasteiger partial charge in [0.25, 0.3) is 0 Å². The number of hydrogen-bond acceptors (Lipinski definition) is 5. The summed E-state index contributed by atoms with van der Waals surface area (Å²) < 4.78 is 30.4. The quantitative estimate of drug-likeness (QED) is 0.772. The zero-order valence-electron chi connectivity index (χ0n) is 9.49. The average molecular weight is 283 g/mol. The Morgan fingerprint density at radius 2 is 2.00 bits per heavy atom. The lowest BCUT2D eigenvalue weighted by Crippen LogP contribution is -2.29. The summed E-state index contributed by atoms with van der Waals surface area (Å²) in [7, 11) is -3.91. The number of nitrogens with one attached hydrogen (secondary N) is 1. The normalized spacial score (nSPS) is 11.6. The number of benzene rings is 1. The van der Waals surface area contributed by atoms with Crippen molar-refractivity contribution in [2.45, 2.75) is 4.90 Å². The largest absolute Gasteiger partial charge is 0.480 e. The van der Waals surface area contributed by atoms with Crippen molar-refractivity contribution >= 4 is 27.0 Å². The summed E-state index contributed by atoms with van der Waals surface area (Å²) in [4.78, 5) is 21.2. The van der Waals surface area contributed by atoms with E-state index >= 15 is 0 Å². The Kier molecular flexibility index (Phi) is 3.36. The van der Waals surface area contributed by atoms with Gasteiger partial charge in [-0.05, 0) is 24.3 Å². The summed E-state index contributed by atoms with van der Waals surface area (Å²) in [6.07, 6.45) is 0. The van der Waals surface area contributed by atoms with E-state index in [4.69, 9.17) is 9.52 Å². The summed E-state index contributed by atoms with van der Waals surface area (Å²) >= 11 is 0. The molecule has 1 aromatic carbocycles. The highest BCUT2D eigenvalue weighted by Crippen LogP contribution is 2.17. The molecule has 0 bridgehead atoms. The molecule has 19 heavy (non-hydrogen) atoms. The smallest absolute Gasteiger partial charge is 0.336 e. The minimum Gasteiger partial charge on any atom is -0.480 e. The Hall–Kier alpha value is -2.19. The first-order valence-electron chi connectivity index (χ1n) is 5.14. The number of rotatable bonds is 4. The highest BCUT2D eigenvalue weighted by atomic mass is 32.2. The van der Waals surface area contributed by atoms with Crippen LogP contribution in [-0.2, 0) is 14.8 Å². The fourth-order valence-corrected chi connectivity index (χ4v) is 2.47. The summed E-state index contributed by atoms with van der Waals surface area (Å²) in [5.74, 6) is -1.28. The Labute approximate surface area is 107 Å².